The summed E-state index contributed by atoms with van der Waals surface area (Å²) in [5.41, 5.74) is 0. The number of unbranched alkanes of at least 4 members (excludes halogenated alkanes) is 2. The Morgan fingerprint density at radius 3 is 2.55 bits per heavy atom. The standard InChI is InChI=1S/C14H29NO4S/c1-15-13(14(17)7-5-4-6-8-16)11-20-10-12(19-3)9-18-2/h12-13,15-16H,4-11H2,1-3H3. The topological polar surface area (TPSA) is 67.8 Å². The molecule has 2 atom stereocenters. The second-order valence-electron chi connectivity index (χ2n) is 4.69. The smallest absolute Gasteiger partial charge is 0.150 e. The lowest BCUT2D eigenvalue weighted by molar-refractivity contribution is -0.120. The van der Waals surface area contributed by atoms with Crippen molar-refractivity contribution in [2.24, 2.45) is 0 Å². The molecule has 0 fully saturated rings. The summed E-state index contributed by atoms with van der Waals surface area (Å²) in [5.74, 6) is 1.82. The van der Waals surface area contributed by atoms with Crippen LogP contribution in [-0.2, 0) is 14.3 Å². The molecule has 120 valence electrons. The van der Waals surface area contributed by atoms with Gasteiger partial charge in [0.25, 0.3) is 0 Å². The van der Waals surface area contributed by atoms with Gasteiger partial charge in [-0.15, -0.1) is 0 Å². The van der Waals surface area contributed by atoms with Crippen LogP contribution in [0.25, 0.3) is 0 Å². The fourth-order valence-electron chi connectivity index (χ4n) is 1.79. The lowest BCUT2D eigenvalue weighted by atomic mass is 10.1. The number of ether oxygens (including phenoxy) is 2. The summed E-state index contributed by atoms with van der Waals surface area (Å²) in [6.45, 7) is 0.778. The van der Waals surface area contributed by atoms with Gasteiger partial charge in [-0.25, -0.2) is 0 Å². The molecule has 0 aromatic rings. The molecule has 0 aliphatic carbocycles. The molecule has 0 bridgehead atoms. The van der Waals surface area contributed by atoms with E-state index >= 15 is 0 Å². The largest absolute Gasteiger partial charge is 0.396 e. The van der Waals surface area contributed by atoms with E-state index in [1.807, 2.05) is 7.05 Å². The molecule has 0 aromatic heterocycles. The fraction of sp³-hybridized carbons (Fsp3) is 0.929. The highest BCUT2D eigenvalue weighted by Gasteiger charge is 2.17. The molecular weight excluding hydrogens is 278 g/mol. The van der Waals surface area contributed by atoms with E-state index in [2.05, 4.69) is 5.32 Å². The lowest BCUT2D eigenvalue weighted by Crippen LogP contribution is -2.36. The van der Waals surface area contributed by atoms with Crippen molar-refractivity contribution in [1.82, 2.24) is 5.32 Å². The van der Waals surface area contributed by atoms with Crippen LogP contribution in [-0.4, -0.2) is 69.0 Å². The highest BCUT2D eigenvalue weighted by Crippen LogP contribution is 2.10. The molecule has 2 N–H and O–H groups in total. The number of nitrogens with one attached hydrogen (secondary N) is 1. The van der Waals surface area contributed by atoms with E-state index in [1.54, 1.807) is 26.0 Å². The van der Waals surface area contributed by atoms with Crippen molar-refractivity contribution in [3.63, 3.8) is 0 Å². The van der Waals surface area contributed by atoms with E-state index in [-0.39, 0.29) is 24.5 Å². The van der Waals surface area contributed by atoms with Gasteiger partial charge in [0.1, 0.15) is 0 Å². The van der Waals surface area contributed by atoms with Gasteiger partial charge < -0.3 is 19.9 Å². The van der Waals surface area contributed by atoms with Gasteiger partial charge in [0.05, 0.1) is 18.8 Å². The van der Waals surface area contributed by atoms with Gasteiger partial charge >= 0.3 is 0 Å². The maximum Gasteiger partial charge on any atom is 0.150 e. The number of aliphatic hydroxyl groups excluding tert-OH is 1. The summed E-state index contributed by atoms with van der Waals surface area (Å²) < 4.78 is 10.3. The number of Topliss-reactive ketones (excluding diaryl/α,β-unsaturated/α-hetero) is 1. The number of methoxy groups -OCH3 is 2. The Morgan fingerprint density at radius 1 is 1.25 bits per heavy atom. The third kappa shape index (κ3) is 9.72. The Kier molecular flexibility index (Phi) is 13.7. The first kappa shape index (κ1) is 19.9. The third-order valence-electron chi connectivity index (χ3n) is 3.09. The van der Waals surface area contributed by atoms with Gasteiger partial charge in [0, 0.05) is 38.8 Å². The van der Waals surface area contributed by atoms with Crippen LogP contribution in [0.1, 0.15) is 25.7 Å². The van der Waals surface area contributed by atoms with E-state index in [0.717, 1.165) is 30.8 Å². The minimum absolute atomic E-state index is 0.0714. The number of ketones is 1. The van der Waals surface area contributed by atoms with Crippen LogP contribution < -0.4 is 5.32 Å². The first-order valence-corrected chi connectivity index (χ1v) is 8.25. The molecule has 0 aliphatic heterocycles. The Balaban J connectivity index is 3.86. The van der Waals surface area contributed by atoms with Crippen LogP contribution in [0.15, 0.2) is 0 Å². The zero-order valence-electron chi connectivity index (χ0n) is 12.9. The van der Waals surface area contributed by atoms with Crippen molar-refractivity contribution in [3.8, 4) is 0 Å². The van der Waals surface area contributed by atoms with Gasteiger partial charge in [0.15, 0.2) is 5.78 Å². The number of carbonyl (C=O) groups is 1. The molecule has 0 saturated carbocycles. The maximum absolute atomic E-state index is 12.0. The first-order chi connectivity index (χ1) is 9.69. The Labute approximate surface area is 126 Å². The van der Waals surface area contributed by atoms with Crippen LogP contribution >= 0.6 is 11.8 Å². The number of likely N-dealkylation sites (N-methyl/N-ethyl adjacent to an activating group) is 1. The van der Waals surface area contributed by atoms with Crippen molar-refractivity contribution in [2.45, 2.75) is 37.8 Å². The van der Waals surface area contributed by atoms with E-state index in [1.165, 1.54) is 0 Å². The van der Waals surface area contributed by atoms with Crippen molar-refractivity contribution in [3.05, 3.63) is 0 Å². The van der Waals surface area contributed by atoms with E-state index in [0.29, 0.717) is 13.0 Å². The average molecular weight is 307 g/mol. The number of rotatable bonds is 14. The maximum atomic E-state index is 12.0. The quantitative estimate of drug-likeness (QED) is 0.468. The summed E-state index contributed by atoms with van der Waals surface area (Å²) in [5, 5.41) is 11.8. The fourth-order valence-corrected chi connectivity index (χ4v) is 3.01. The molecular formula is C14H29NO4S. The van der Waals surface area contributed by atoms with Crippen LogP contribution in [0.2, 0.25) is 0 Å². The Hall–Kier alpha value is -0.140. The number of hydrogen-bond acceptors (Lipinski definition) is 6. The van der Waals surface area contributed by atoms with Crippen molar-refractivity contribution in [1.29, 1.82) is 0 Å². The van der Waals surface area contributed by atoms with Gasteiger partial charge in [-0.05, 0) is 19.9 Å². The van der Waals surface area contributed by atoms with Crippen LogP contribution in [0.4, 0.5) is 0 Å². The molecule has 0 spiro atoms. The molecule has 2 unspecified atom stereocenters. The normalized spacial score (nSPS) is 14.2. The predicted octanol–water partition coefficient (Wildman–Crippen LogP) is 1.09. The average Bonchev–Trinajstić information content (AvgIpc) is 2.46. The zero-order chi connectivity index (χ0) is 15.2. The van der Waals surface area contributed by atoms with E-state index in [4.69, 9.17) is 14.6 Å². The second kappa shape index (κ2) is 13.8. The molecule has 5 nitrogen and oxygen atoms in total. The lowest BCUT2D eigenvalue weighted by Gasteiger charge is -2.17. The molecule has 0 aliphatic rings. The van der Waals surface area contributed by atoms with Crippen molar-refractivity contribution < 1.29 is 19.4 Å². The van der Waals surface area contributed by atoms with Crippen LogP contribution in [0.5, 0.6) is 0 Å². The molecule has 0 saturated heterocycles. The third-order valence-corrected chi connectivity index (χ3v) is 4.27. The van der Waals surface area contributed by atoms with E-state index < -0.39 is 0 Å². The first-order valence-electron chi connectivity index (χ1n) is 7.09. The molecule has 0 radical (unpaired) electrons. The Bertz CT molecular complexity index is 241. The summed E-state index contributed by atoms with van der Waals surface area (Å²) in [6, 6.07) is -0.103. The summed E-state index contributed by atoms with van der Waals surface area (Å²) in [6.07, 6.45) is 3.19. The van der Waals surface area contributed by atoms with Gasteiger partial charge in [-0.3, -0.25) is 4.79 Å². The monoisotopic (exact) mass is 307 g/mol. The number of hydrogen-bond donors (Lipinski definition) is 2. The minimum Gasteiger partial charge on any atom is -0.396 e. The van der Waals surface area contributed by atoms with Crippen LogP contribution in [0.3, 0.4) is 0 Å². The molecule has 6 heteroatoms. The molecule has 0 aromatic carbocycles. The predicted molar refractivity (Wildman–Crippen MR) is 83.4 cm³/mol. The SMILES string of the molecule is CNC(CSCC(COC)OC)C(=O)CCCCCO. The number of aliphatic hydroxyl groups is 1. The molecule has 20 heavy (non-hydrogen) atoms. The summed E-state index contributed by atoms with van der Waals surface area (Å²) in [4.78, 5) is 12.0. The molecule has 0 amide bonds. The van der Waals surface area contributed by atoms with E-state index in [9.17, 15) is 4.79 Å². The summed E-state index contributed by atoms with van der Waals surface area (Å²) >= 11 is 1.70. The highest BCUT2D eigenvalue weighted by molar-refractivity contribution is 7.99. The second-order valence-corrected chi connectivity index (χ2v) is 5.77. The molecule has 0 heterocycles. The number of thioether (sulfide) groups is 1. The highest BCUT2D eigenvalue weighted by atomic mass is 32.2. The zero-order valence-corrected chi connectivity index (χ0v) is 13.7. The number of carbonyl (C=O) groups excluding carboxylic acids is 1. The van der Waals surface area contributed by atoms with Gasteiger partial charge in [-0.2, -0.15) is 11.8 Å². The summed E-state index contributed by atoms with van der Waals surface area (Å²) in [7, 11) is 5.15. The van der Waals surface area contributed by atoms with Crippen molar-refractivity contribution >= 4 is 17.5 Å². The van der Waals surface area contributed by atoms with Crippen LogP contribution in [0, 0.1) is 0 Å². The Morgan fingerprint density at radius 2 is 2.00 bits per heavy atom. The van der Waals surface area contributed by atoms with Crippen molar-refractivity contribution in [2.75, 3.05) is 46.0 Å². The van der Waals surface area contributed by atoms with Gasteiger partial charge in [-0.1, -0.05) is 6.42 Å². The molecule has 0 rings (SSSR count). The minimum atomic E-state index is -0.103. The van der Waals surface area contributed by atoms with Gasteiger partial charge in [0.2, 0.25) is 0 Å².